The Balaban J connectivity index is 1.34. The molecule has 1 saturated carbocycles. The molecule has 4 amide bonds. The first-order valence-corrected chi connectivity index (χ1v) is 16.8. The monoisotopic (exact) mass is 703 g/mol. The molecule has 2 aliphatic heterocycles. The van der Waals surface area contributed by atoms with E-state index in [9.17, 15) is 29.6 Å². The first-order valence-electron chi connectivity index (χ1n) is 16.5. The summed E-state index contributed by atoms with van der Waals surface area (Å²) in [6.45, 7) is 0. The van der Waals surface area contributed by atoms with Crippen LogP contribution in [0.5, 0.6) is 11.5 Å². The van der Waals surface area contributed by atoms with Gasteiger partial charge in [0, 0.05) is 34.7 Å². The van der Waals surface area contributed by atoms with Gasteiger partial charge in [0.1, 0.15) is 11.5 Å². The van der Waals surface area contributed by atoms with Crippen molar-refractivity contribution in [1.29, 1.82) is 0 Å². The van der Waals surface area contributed by atoms with Crippen LogP contribution in [0.4, 0.5) is 17.1 Å². The number of phenolic OH excluding ortho intramolecular Hbond substituents is 1. The van der Waals surface area contributed by atoms with Gasteiger partial charge in [-0.1, -0.05) is 65.7 Å². The molecule has 256 valence electrons. The van der Waals surface area contributed by atoms with E-state index < -0.39 is 63.6 Å². The molecule has 51 heavy (non-hydrogen) atoms. The third-order valence-corrected chi connectivity index (χ3v) is 11.2. The molecule has 6 atom stereocenters. The smallest absolute Gasteiger partial charge is 0.269 e. The Hall–Kier alpha value is -5.81. The maximum Gasteiger partial charge on any atom is 0.269 e. The molecule has 2 heterocycles. The number of non-ortho nitro benzene ring substituents is 1. The number of aromatic hydroxyl groups is 1. The topological polar surface area (TPSA) is 147 Å². The molecular formula is C39H30ClN3O8. The molecule has 0 aromatic heterocycles. The maximum absolute atomic E-state index is 15.3. The fourth-order valence-corrected chi connectivity index (χ4v) is 9.19. The molecule has 2 aliphatic carbocycles. The Morgan fingerprint density at radius 1 is 0.843 bits per heavy atom. The summed E-state index contributed by atoms with van der Waals surface area (Å²) in [5.74, 6) is -5.67. The van der Waals surface area contributed by atoms with Gasteiger partial charge in [0.25, 0.3) is 5.69 Å². The molecule has 0 unspecified atom stereocenters. The van der Waals surface area contributed by atoms with Gasteiger partial charge < -0.3 is 9.84 Å². The summed E-state index contributed by atoms with van der Waals surface area (Å²) in [7, 11) is 1.46. The second-order valence-electron chi connectivity index (χ2n) is 13.3. The van der Waals surface area contributed by atoms with Crippen LogP contribution >= 0.6 is 11.6 Å². The Bertz CT molecular complexity index is 2190. The predicted molar refractivity (Wildman–Crippen MR) is 186 cm³/mol. The number of hydrogen-bond donors (Lipinski definition) is 1. The number of methoxy groups -OCH3 is 1. The number of nitro groups is 1. The number of allylic oxidation sites excluding steroid dienone is 2. The van der Waals surface area contributed by atoms with Crippen molar-refractivity contribution in [1.82, 2.24) is 0 Å². The third kappa shape index (κ3) is 4.64. The molecule has 4 aromatic rings. The van der Waals surface area contributed by atoms with Crippen molar-refractivity contribution in [2.24, 2.45) is 23.7 Å². The number of anilines is 2. The van der Waals surface area contributed by atoms with Crippen molar-refractivity contribution in [3.05, 3.63) is 135 Å². The minimum absolute atomic E-state index is 0.0596. The van der Waals surface area contributed by atoms with E-state index in [-0.39, 0.29) is 30.0 Å². The fourth-order valence-electron chi connectivity index (χ4n) is 9.00. The molecule has 0 bridgehead atoms. The zero-order valence-electron chi connectivity index (χ0n) is 27.1. The highest BCUT2D eigenvalue weighted by atomic mass is 35.5. The van der Waals surface area contributed by atoms with Crippen molar-refractivity contribution in [3.8, 4) is 11.5 Å². The lowest BCUT2D eigenvalue weighted by Crippen LogP contribution is -2.53. The summed E-state index contributed by atoms with van der Waals surface area (Å²) in [5, 5.41) is 22.1. The van der Waals surface area contributed by atoms with Gasteiger partial charge in [-0.2, -0.15) is 0 Å². The molecule has 3 fully saturated rings. The zero-order valence-corrected chi connectivity index (χ0v) is 27.9. The van der Waals surface area contributed by atoms with Crippen LogP contribution < -0.4 is 14.5 Å². The highest BCUT2D eigenvalue weighted by molar-refractivity contribution is 6.32. The van der Waals surface area contributed by atoms with Gasteiger partial charge in [0.2, 0.25) is 23.6 Å². The van der Waals surface area contributed by atoms with E-state index in [2.05, 4.69) is 0 Å². The number of benzene rings is 4. The van der Waals surface area contributed by atoms with Gasteiger partial charge in [-0.15, -0.1) is 0 Å². The number of hydrogen-bond acceptors (Lipinski definition) is 8. The number of carbonyl (C=O) groups excluding carboxylic acids is 4. The van der Waals surface area contributed by atoms with E-state index in [1.807, 2.05) is 36.4 Å². The van der Waals surface area contributed by atoms with E-state index in [1.54, 1.807) is 30.3 Å². The van der Waals surface area contributed by atoms with Gasteiger partial charge >= 0.3 is 0 Å². The van der Waals surface area contributed by atoms with Gasteiger partial charge in [-0.25, -0.2) is 4.90 Å². The largest absolute Gasteiger partial charge is 0.508 e. The lowest BCUT2D eigenvalue weighted by molar-refractivity contribution is -0.384. The third-order valence-electron chi connectivity index (χ3n) is 11.0. The van der Waals surface area contributed by atoms with E-state index in [1.165, 1.54) is 48.4 Å². The lowest BCUT2D eigenvalue weighted by atomic mass is 9.49. The lowest BCUT2D eigenvalue weighted by Gasteiger charge is -2.51. The number of amides is 4. The average molecular weight is 704 g/mol. The molecule has 4 aromatic carbocycles. The minimum atomic E-state index is -1.51. The second kappa shape index (κ2) is 11.9. The number of halogens is 1. The van der Waals surface area contributed by atoms with Gasteiger partial charge in [0.05, 0.1) is 46.6 Å². The summed E-state index contributed by atoms with van der Waals surface area (Å²) in [4.78, 5) is 71.7. The summed E-state index contributed by atoms with van der Waals surface area (Å²) in [5.41, 5.74) is 0.702. The first-order chi connectivity index (χ1) is 24.6. The molecule has 2 saturated heterocycles. The van der Waals surface area contributed by atoms with Crippen molar-refractivity contribution < 1.29 is 33.9 Å². The number of nitro benzene ring substituents is 1. The van der Waals surface area contributed by atoms with E-state index in [4.69, 9.17) is 16.3 Å². The minimum Gasteiger partial charge on any atom is -0.508 e. The van der Waals surface area contributed by atoms with Gasteiger partial charge in [0.15, 0.2) is 0 Å². The number of ether oxygens (including phenoxy) is 1. The SMILES string of the molecule is COc1cc(O)ccc1[C@H]1C2=CC[C@@H]3C(=O)N(c4ccc([N+](=O)[O-])cc4)C(=O)[C@@H]3[C@@H]2C[C@H]2C(=O)N(c3cccc(Cl)c3)C(=O)[C@@]12c1ccccc1. The average Bonchev–Trinajstić information content (AvgIpc) is 3.52. The van der Waals surface area contributed by atoms with Crippen LogP contribution in [0.15, 0.2) is 109 Å². The number of nitrogens with zero attached hydrogens (tertiary/aromatic N) is 3. The Morgan fingerprint density at radius 2 is 1.59 bits per heavy atom. The van der Waals surface area contributed by atoms with E-state index >= 15 is 4.79 Å². The highest BCUT2D eigenvalue weighted by Crippen LogP contribution is 2.65. The van der Waals surface area contributed by atoms with Crippen LogP contribution in [-0.4, -0.2) is 40.8 Å². The standard InChI is InChI=1S/C39H30ClN3O8/c1-51-32-19-26(44)14-15-28(32)34-27-16-17-29-33(37(47)41(35(29)45)23-10-12-24(13-11-23)43(49)50)30(27)20-31-36(46)42(25-9-5-8-22(40)18-25)38(48)39(31,34)21-6-3-2-4-7-21/h2-16,18-19,29-31,33-34,44H,17,20H2,1H3/t29-,30+,31-,33-,34+,39+/m0/s1. The van der Waals surface area contributed by atoms with Crippen molar-refractivity contribution in [3.63, 3.8) is 0 Å². The number of rotatable bonds is 6. The molecular weight excluding hydrogens is 674 g/mol. The van der Waals surface area contributed by atoms with Crippen LogP contribution in [0.3, 0.4) is 0 Å². The predicted octanol–water partition coefficient (Wildman–Crippen LogP) is 6.33. The van der Waals surface area contributed by atoms with Crippen molar-refractivity contribution in [2.75, 3.05) is 16.9 Å². The summed E-state index contributed by atoms with van der Waals surface area (Å²) in [6.07, 6.45) is 2.21. The quantitative estimate of drug-likeness (QED) is 0.106. The normalized spacial score (nSPS) is 26.8. The van der Waals surface area contributed by atoms with Crippen LogP contribution in [0.1, 0.15) is 29.9 Å². The molecule has 4 aliphatic rings. The molecule has 0 radical (unpaired) electrons. The highest BCUT2D eigenvalue weighted by Gasteiger charge is 2.70. The van der Waals surface area contributed by atoms with Gasteiger partial charge in [-0.3, -0.25) is 34.2 Å². The number of carbonyl (C=O) groups is 4. The van der Waals surface area contributed by atoms with Crippen molar-refractivity contribution in [2.45, 2.75) is 24.2 Å². The Labute approximate surface area is 296 Å². The number of imide groups is 2. The molecule has 8 rings (SSSR count). The Morgan fingerprint density at radius 3 is 2.27 bits per heavy atom. The summed E-state index contributed by atoms with van der Waals surface area (Å²) < 4.78 is 5.81. The molecule has 1 N–H and O–H groups in total. The molecule has 11 nitrogen and oxygen atoms in total. The Kier molecular flexibility index (Phi) is 7.57. The summed E-state index contributed by atoms with van der Waals surface area (Å²) >= 11 is 6.37. The maximum atomic E-state index is 15.3. The van der Waals surface area contributed by atoms with Crippen LogP contribution in [0.2, 0.25) is 5.02 Å². The van der Waals surface area contributed by atoms with E-state index in [0.717, 1.165) is 10.5 Å². The fraction of sp³-hybridized carbons (Fsp3) is 0.231. The van der Waals surface area contributed by atoms with Crippen molar-refractivity contribution >= 4 is 52.3 Å². The van der Waals surface area contributed by atoms with E-state index in [0.29, 0.717) is 27.6 Å². The molecule has 12 heteroatoms. The number of fused-ring (bicyclic) bond motifs is 4. The molecule has 0 spiro atoms. The second-order valence-corrected chi connectivity index (χ2v) is 13.7. The summed E-state index contributed by atoms with van der Waals surface area (Å²) in [6, 6.07) is 25.5. The first kappa shape index (κ1) is 32.4. The van der Waals surface area contributed by atoms with Crippen LogP contribution in [0, 0.1) is 33.8 Å². The van der Waals surface area contributed by atoms with Gasteiger partial charge in [-0.05, 0) is 60.7 Å². The van der Waals surface area contributed by atoms with Crippen LogP contribution in [-0.2, 0) is 24.6 Å². The number of phenols is 1. The van der Waals surface area contributed by atoms with Crippen LogP contribution in [0.25, 0.3) is 0 Å². The zero-order chi connectivity index (χ0) is 35.8.